The fraction of sp³-hybridized carbons (Fsp3) is 0. The van der Waals surface area contributed by atoms with Crippen LogP contribution in [0.2, 0.25) is 0 Å². The van der Waals surface area contributed by atoms with Gasteiger partial charge < -0.3 is 4.42 Å². The van der Waals surface area contributed by atoms with E-state index >= 15 is 0 Å². The third-order valence-corrected chi connectivity index (χ3v) is 12.2. The monoisotopic (exact) mass is 706 g/mol. The summed E-state index contributed by atoms with van der Waals surface area (Å²) in [5.41, 5.74) is 8.29. The van der Waals surface area contributed by atoms with Crippen LogP contribution in [0, 0.1) is 0 Å². The van der Waals surface area contributed by atoms with Crippen molar-refractivity contribution in [1.29, 1.82) is 0 Å². The Labute approximate surface area is 295 Å². The van der Waals surface area contributed by atoms with Crippen LogP contribution in [0.25, 0.3) is 52.0 Å². The maximum absolute atomic E-state index is 6.34. The van der Waals surface area contributed by atoms with Crippen molar-refractivity contribution in [2.24, 2.45) is 0 Å². The van der Waals surface area contributed by atoms with Crippen molar-refractivity contribution in [2.75, 3.05) is 9.80 Å². The maximum atomic E-state index is 6.34. The van der Waals surface area contributed by atoms with Gasteiger partial charge in [0.15, 0.2) is 0 Å². The summed E-state index contributed by atoms with van der Waals surface area (Å²) in [5.74, 6) is 0. The molecule has 236 valence electrons. The van der Waals surface area contributed by atoms with E-state index in [1.54, 1.807) is 0 Å². The molecule has 10 rings (SSSR count). The first kappa shape index (κ1) is 28.9. The molecule has 4 heteroatoms. The number of hydrogen-bond donors (Lipinski definition) is 0. The standard InChI is InChI=1S/C46H30N2OSe/c1-3-13-32(14-4-1)47(36-24-27-45-42(29-36)41-25-22-31-12-7-8-19-38(31)46(41)50-45)34-17-11-18-35(28-34)48(33-15-5-2-6-16-33)37-23-26-40-39-20-9-10-21-43(39)49-44(40)30-37/h1-30H. The third kappa shape index (κ3) is 4.81. The van der Waals surface area contributed by atoms with Crippen LogP contribution in [0.15, 0.2) is 186 Å². The van der Waals surface area contributed by atoms with Gasteiger partial charge in [-0.3, -0.25) is 0 Å². The van der Waals surface area contributed by atoms with Crippen LogP contribution in [-0.4, -0.2) is 14.5 Å². The number of rotatable bonds is 6. The van der Waals surface area contributed by atoms with Gasteiger partial charge in [-0.1, -0.05) is 24.3 Å². The zero-order valence-corrected chi connectivity index (χ0v) is 28.7. The number of para-hydroxylation sites is 3. The van der Waals surface area contributed by atoms with E-state index in [1.165, 1.54) is 30.1 Å². The second-order valence-corrected chi connectivity index (χ2v) is 14.8. The van der Waals surface area contributed by atoms with E-state index in [0.717, 1.165) is 56.1 Å². The molecule has 10 aromatic rings. The van der Waals surface area contributed by atoms with E-state index < -0.39 is 0 Å². The van der Waals surface area contributed by atoms with Crippen molar-refractivity contribution < 1.29 is 4.42 Å². The summed E-state index contributed by atoms with van der Waals surface area (Å²) in [5, 5.41) is 7.63. The molecule has 0 aliphatic heterocycles. The minimum absolute atomic E-state index is 0.263. The number of hydrogen-bond acceptors (Lipinski definition) is 3. The average molecular weight is 706 g/mol. The van der Waals surface area contributed by atoms with Gasteiger partial charge in [-0.25, -0.2) is 0 Å². The summed E-state index contributed by atoms with van der Waals surface area (Å²) in [7, 11) is 0. The quantitative estimate of drug-likeness (QED) is 0.161. The van der Waals surface area contributed by atoms with Crippen molar-refractivity contribution in [2.45, 2.75) is 0 Å². The molecule has 3 nitrogen and oxygen atoms in total. The Morgan fingerprint density at radius 3 is 1.66 bits per heavy atom. The van der Waals surface area contributed by atoms with Gasteiger partial charge in [0.1, 0.15) is 5.58 Å². The molecule has 0 bridgehead atoms. The van der Waals surface area contributed by atoms with E-state index in [-0.39, 0.29) is 14.5 Å². The fourth-order valence-corrected chi connectivity index (χ4v) is 9.86. The Kier molecular flexibility index (Phi) is 6.83. The Morgan fingerprint density at radius 1 is 0.340 bits per heavy atom. The summed E-state index contributed by atoms with van der Waals surface area (Å²) < 4.78 is 9.26. The van der Waals surface area contributed by atoms with Crippen LogP contribution >= 0.6 is 0 Å². The zero-order chi connectivity index (χ0) is 33.0. The zero-order valence-electron chi connectivity index (χ0n) is 27.0. The molecular formula is C46H30N2OSe. The molecular weight excluding hydrogens is 675 g/mol. The van der Waals surface area contributed by atoms with E-state index in [2.05, 4.69) is 180 Å². The number of furan rings is 1. The summed E-state index contributed by atoms with van der Waals surface area (Å²) in [6.07, 6.45) is 0. The number of anilines is 6. The molecule has 0 atom stereocenters. The predicted molar refractivity (Wildman–Crippen MR) is 213 cm³/mol. The first-order valence-electron chi connectivity index (χ1n) is 16.8. The topological polar surface area (TPSA) is 19.6 Å². The van der Waals surface area contributed by atoms with E-state index in [0.29, 0.717) is 0 Å². The van der Waals surface area contributed by atoms with Crippen LogP contribution in [-0.2, 0) is 0 Å². The number of benzene rings is 8. The van der Waals surface area contributed by atoms with Gasteiger partial charge >= 0.3 is 246 Å². The number of fused-ring (bicyclic) bond motifs is 8. The van der Waals surface area contributed by atoms with Crippen LogP contribution in [0.5, 0.6) is 0 Å². The van der Waals surface area contributed by atoms with E-state index in [9.17, 15) is 0 Å². The molecule has 0 aliphatic carbocycles. The predicted octanol–water partition coefficient (Wildman–Crippen LogP) is 13.0. The molecule has 0 spiro atoms. The second-order valence-electron chi connectivity index (χ2n) is 12.6. The van der Waals surface area contributed by atoms with Gasteiger partial charge in [-0.15, -0.1) is 0 Å². The minimum atomic E-state index is 0.263. The Morgan fingerprint density at radius 2 is 0.900 bits per heavy atom. The van der Waals surface area contributed by atoms with Crippen molar-refractivity contribution in [3.05, 3.63) is 182 Å². The van der Waals surface area contributed by atoms with Crippen LogP contribution < -0.4 is 9.80 Å². The van der Waals surface area contributed by atoms with Gasteiger partial charge in [0.2, 0.25) is 0 Å². The van der Waals surface area contributed by atoms with Gasteiger partial charge in [0.25, 0.3) is 0 Å². The molecule has 0 N–H and O–H groups in total. The molecule has 0 amide bonds. The normalized spacial score (nSPS) is 11.6. The molecule has 0 radical (unpaired) electrons. The summed E-state index contributed by atoms with van der Waals surface area (Å²) >= 11 is 0.263. The SMILES string of the molecule is c1ccc(N(c2cccc(N(c3ccccc3)c3ccc4[se]c5c6ccccc6ccc5c4c3)c2)c2ccc3c(c2)oc2ccccc23)cc1. The van der Waals surface area contributed by atoms with E-state index in [4.69, 9.17) is 4.42 Å². The number of nitrogens with zero attached hydrogens (tertiary/aromatic N) is 2. The van der Waals surface area contributed by atoms with Crippen molar-refractivity contribution in [3.63, 3.8) is 0 Å². The molecule has 2 aromatic heterocycles. The molecule has 2 heterocycles. The van der Waals surface area contributed by atoms with E-state index in [1.807, 2.05) is 12.1 Å². The molecule has 50 heavy (non-hydrogen) atoms. The Balaban J connectivity index is 1.14. The Hall–Kier alpha value is -6.06. The van der Waals surface area contributed by atoms with Gasteiger partial charge in [-0.05, 0) is 6.07 Å². The molecule has 0 unspecified atom stereocenters. The third-order valence-electron chi connectivity index (χ3n) is 9.60. The average Bonchev–Trinajstić information content (AvgIpc) is 3.74. The van der Waals surface area contributed by atoms with Crippen LogP contribution in [0.3, 0.4) is 0 Å². The van der Waals surface area contributed by atoms with Gasteiger partial charge in [-0.2, -0.15) is 0 Å². The molecule has 8 aromatic carbocycles. The van der Waals surface area contributed by atoms with Gasteiger partial charge in [0.05, 0.1) is 0 Å². The first-order valence-corrected chi connectivity index (χ1v) is 18.6. The van der Waals surface area contributed by atoms with Crippen LogP contribution in [0.1, 0.15) is 0 Å². The Bertz CT molecular complexity index is 2840. The second kappa shape index (κ2) is 11.8. The van der Waals surface area contributed by atoms with Gasteiger partial charge in [0, 0.05) is 10.8 Å². The molecule has 0 fully saturated rings. The molecule has 0 aliphatic rings. The summed E-state index contributed by atoms with van der Waals surface area (Å²) in [6, 6.07) is 65.3. The van der Waals surface area contributed by atoms with Crippen molar-refractivity contribution >= 4 is 101 Å². The first-order chi connectivity index (χ1) is 24.8. The van der Waals surface area contributed by atoms with Crippen molar-refractivity contribution in [3.8, 4) is 0 Å². The summed E-state index contributed by atoms with van der Waals surface area (Å²) in [6.45, 7) is 0. The van der Waals surface area contributed by atoms with Crippen LogP contribution in [0.4, 0.5) is 34.1 Å². The molecule has 0 saturated heterocycles. The summed E-state index contributed by atoms with van der Waals surface area (Å²) in [4.78, 5) is 4.69. The molecule has 0 saturated carbocycles. The van der Waals surface area contributed by atoms with Crippen molar-refractivity contribution in [1.82, 2.24) is 0 Å². The fourth-order valence-electron chi connectivity index (χ4n) is 7.30.